The summed E-state index contributed by atoms with van der Waals surface area (Å²) in [6, 6.07) is 5.60. The highest BCUT2D eigenvalue weighted by atomic mass is 16.4. The van der Waals surface area contributed by atoms with Gasteiger partial charge in [0.15, 0.2) is 0 Å². The van der Waals surface area contributed by atoms with Crippen LogP contribution in [0, 0.1) is 13.8 Å². The molecular weight excluding hydrogens is 175 g/mol. The summed E-state index contributed by atoms with van der Waals surface area (Å²) in [5.41, 5.74) is 2.54. The van der Waals surface area contributed by atoms with Gasteiger partial charge in [0.25, 0.3) is 0 Å². The monoisotopic (exact) mass is 196 g/mol. The average Bonchev–Trinajstić information content (AvgIpc) is 2.12. The number of benzene rings is 1. The fraction of sp³-hybridized carbons (Fsp3) is 0.455. The van der Waals surface area contributed by atoms with Gasteiger partial charge in [-0.05, 0) is 19.3 Å². The molecule has 3 heteroatoms. The predicted octanol–water partition coefficient (Wildman–Crippen LogP) is 1.65. The average molecular weight is 196 g/mol. The molecule has 0 aliphatic carbocycles. The maximum Gasteiger partial charge on any atom is 0.488 e. The van der Waals surface area contributed by atoms with Gasteiger partial charge in [0, 0.05) is 0 Å². The summed E-state index contributed by atoms with van der Waals surface area (Å²) in [5, 5.41) is 17.8. The smallest absolute Gasteiger partial charge is 0.423 e. The lowest BCUT2D eigenvalue weighted by atomic mass is 9.77. The van der Waals surface area contributed by atoms with E-state index in [1.807, 2.05) is 39.8 Å². The first kappa shape index (κ1) is 15.7. The Balaban J connectivity index is 0. The van der Waals surface area contributed by atoms with Crippen molar-refractivity contribution in [3.63, 3.8) is 0 Å². The standard InChI is InChI=1S/C8H11BO2.C2H6.CH4/c1-6-3-4-7(2)8(5-6)9(10)11;1-2;/h3-5,10-11H,1-2H3;1-2H3;1H4. The lowest BCUT2D eigenvalue weighted by Crippen LogP contribution is -2.32. The molecule has 2 N–H and O–H groups in total. The third-order valence-corrected chi connectivity index (χ3v) is 1.71. The Morgan fingerprint density at radius 2 is 1.57 bits per heavy atom. The summed E-state index contributed by atoms with van der Waals surface area (Å²) in [7, 11) is -1.35. The second-order valence-electron chi connectivity index (χ2n) is 2.73. The highest BCUT2D eigenvalue weighted by Gasteiger charge is 2.12. The molecule has 1 rings (SSSR count). The SMILES string of the molecule is C.CC.Cc1ccc(C)c(B(O)O)c1. The third kappa shape index (κ3) is 4.44. The molecule has 0 spiro atoms. The molecule has 0 heterocycles. The normalized spacial score (nSPS) is 8.14. The van der Waals surface area contributed by atoms with E-state index in [0.717, 1.165) is 11.1 Å². The quantitative estimate of drug-likeness (QED) is 0.670. The van der Waals surface area contributed by atoms with E-state index in [1.54, 1.807) is 6.07 Å². The second kappa shape index (κ2) is 7.59. The van der Waals surface area contributed by atoms with Crippen LogP contribution in [0.5, 0.6) is 0 Å². The van der Waals surface area contributed by atoms with Crippen LogP contribution in [0.1, 0.15) is 32.4 Å². The minimum atomic E-state index is -1.35. The van der Waals surface area contributed by atoms with Crippen LogP contribution in [0.15, 0.2) is 18.2 Å². The van der Waals surface area contributed by atoms with Crippen LogP contribution in [0.3, 0.4) is 0 Å². The molecular formula is C11H21BO2. The van der Waals surface area contributed by atoms with Gasteiger partial charge >= 0.3 is 7.12 Å². The molecule has 0 aliphatic heterocycles. The van der Waals surface area contributed by atoms with Crippen molar-refractivity contribution in [2.24, 2.45) is 0 Å². The minimum absolute atomic E-state index is 0. The van der Waals surface area contributed by atoms with Gasteiger partial charge in [0.1, 0.15) is 0 Å². The molecule has 0 radical (unpaired) electrons. The highest BCUT2D eigenvalue weighted by Crippen LogP contribution is 1.99. The Kier molecular flexibility index (Phi) is 8.50. The molecule has 2 nitrogen and oxygen atoms in total. The number of hydrogen-bond acceptors (Lipinski definition) is 2. The highest BCUT2D eigenvalue weighted by molar-refractivity contribution is 6.59. The van der Waals surface area contributed by atoms with E-state index in [4.69, 9.17) is 10.0 Å². The van der Waals surface area contributed by atoms with Crippen molar-refractivity contribution < 1.29 is 10.0 Å². The maximum absolute atomic E-state index is 8.88. The van der Waals surface area contributed by atoms with E-state index < -0.39 is 7.12 Å². The fourth-order valence-corrected chi connectivity index (χ4v) is 1.04. The van der Waals surface area contributed by atoms with Crippen molar-refractivity contribution >= 4 is 12.6 Å². The Bertz CT molecular complexity index is 259. The van der Waals surface area contributed by atoms with Crippen LogP contribution in [0.25, 0.3) is 0 Å². The van der Waals surface area contributed by atoms with E-state index in [1.165, 1.54) is 0 Å². The van der Waals surface area contributed by atoms with Crippen LogP contribution in [0.2, 0.25) is 0 Å². The third-order valence-electron chi connectivity index (χ3n) is 1.71. The summed E-state index contributed by atoms with van der Waals surface area (Å²) in [4.78, 5) is 0. The van der Waals surface area contributed by atoms with Crippen LogP contribution in [-0.2, 0) is 0 Å². The van der Waals surface area contributed by atoms with Gasteiger partial charge in [0.2, 0.25) is 0 Å². The van der Waals surface area contributed by atoms with Crippen molar-refractivity contribution in [1.29, 1.82) is 0 Å². The van der Waals surface area contributed by atoms with Crippen LogP contribution < -0.4 is 5.46 Å². The van der Waals surface area contributed by atoms with E-state index in [-0.39, 0.29) is 7.43 Å². The van der Waals surface area contributed by atoms with Crippen LogP contribution in [-0.4, -0.2) is 17.2 Å². The van der Waals surface area contributed by atoms with Gasteiger partial charge in [-0.2, -0.15) is 0 Å². The molecule has 1 aromatic rings. The van der Waals surface area contributed by atoms with Crippen molar-refractivity contribution in [2.75, 3.05) is 0 Å². The molecule has 0 saturated heterocycles. The molecule has 0 aliphatic rings. The lowest BCUT2D eigenvalue weighted by molar-refractivity contribution is 0.425. The summed E-state index contributed by atoms with van der Waals surface area (Å²) >= 11 is 0. The van der Waals surface area contributed by atoms with E-state index in [9.17, 15) is 0 Å². The molecule has 14 heavy (non-hydrogen) atoms. The summed E-state index contributed by atoms with van der Waals surface area (Å²) in [6.45, 7) is 7.78. The van der Waals surface area contributed by atoms with Crippen molar-refractivity contribution in [3.8, 4) is 0 Å². The van der Waals surface area contributed by atoms with Crippen molar-refractivity contribution in [2.45, 2.75) is 35.1 Å². The summed E-state index contributed by atoms with van der Waals surface area (Å²) in [6.07, 6.45) is 0. The van der Waals surface area contributed by atoms with Gasteiger partial charge in [-0.25, -0.2) is 0 Å². The number of aryl methyl sites for hydroxylation is 2. The largest absolute Gasteiger partial charge is 0.488 e. The Morgan fingerprint density at radius 3 is 1.93 bits per heavy atom. The summed E-state index contributed by atoms with van der Waals surface area (Å²) in [5.74, 6) is 0. The minimum Gasteiger partial charge on any atom is -0.423 e. The maximum atomic E-state index is 8.88. The number of rotatable bonds is 1. The molecule has 0 aromatic heterocycles. The Hall–Kier alpha value is -0.795. The lowest BCUT2D eigenvalue weighted by Gasteiger charge is -2.04. The molecule has 80 valence electrons. The van der Waals surface area contributed by atoms with Gasteiger partial charge in [-0.15, -0.1) is 0 Å². The van der Waals surface area contributed by atoms with Crippen molar-refractivity contribution in [3.05, 3.63) is 29.3 Å². The molecule has 0 atom stereocenters. The topological polar surface area (TPSA) is 40.5 Å². The predicted molar refractivity (Wildman–Crippen MR) is 63.8 cm³/mol. The van der Waals surface area contributed by atoms with Crippen LogP contribution >= 0.6 is 0 Å². The first-order valence-corrected chi connectivity index (χ1v) is 4.54. The number of hydrogen-bond donors (Lipinski definition) is 2. The molecule has 1 aromatic carbocycles. The van der Waals surface area contributed by atoms with E-state index >= 15 is 0 Å². The van der Waals surface area contributed by atoms with E-state index in [0.29, 0.717) is 5.46 Å². The van der Waals surface area contributed by atoms with Gasteiger partial charge in [-0.1, -0.05) is 50.6 Å². The zero-order chi connectivity index (χ0) is 10.4. The first-order valence-electron chi connectivity index (χ1n) is 4.54. The van der Waals surface area contributed by atoms with Crippen LogP contribution in [0.4, 0.5) is 0 Å². The van der Waals surface area contributed by atoms with Crippen molar-refractivity contribution in [1.82, 2.24) is 0 Å². The first-order chi connectivity index (χ1) is 6.11. The van der Waals surface area contributed by atoms with Gasteiger partial charge in [-0.3, -0.25) is 0 Å². The van der Waals surface area contributed by atoms with Gasteiger partial charge < -0.3 is 10.0 Å². The van der Waals surface area contributed by atoms with Gasteiger partial charge in [0.05, 0.1) is 0 Å². The molecule has 0 fully saturated rings. The zero-order valence-corrected chi connectivity index (χ0v) is 8.70. The Morgan fingerprint density at radius 1 is 1.07 bits per heavy atom. The Labute approximate surface area is 87.7 Å². The second-order valence-corrected chi connectivity index (χ2v) is 2.73. The fourth-order valence-electron chi connectivity index (χ4n) is 1.04. The molecule has 0 saturated carbocycles. The summed E-state index contributed by atoms with van der Waals surface area (Å²) < 4.78 is 0. The molecule has 0 unspecified atom stereocenters. The zero-order valence-electron chi connectivity index (χ0n) is 8.70. The molecule has 0 bridgehead atoms. The van der Waals surface area contributed by atoms with E-state index in [2.05, 4.69) is 0 Å². The molecule has 0 amide bonds.